The van der Waals surface area contributed by atoms with Crippen LogP contribution in [0.1, 0.15) is 12.5 Å². The van der Waals surface area contributed by atoms with Gasteiger partial charge in [-0.3, -0.25) is 4.72 Å². The molecule has 112 valence electrons. The average molecular weight is 312 g/mol. The van der Waals surface area contributed by atoms with E-state index in [0.717, 1.165) is 23.8 Å². The first kappa shape index (κ1) is 15.2. The van der Waals surface area contributed by atoms with Crippen LogP contribution in [0.15, 0.2) is 41.3 Å². The number of anilines is 2. The highest BCUT2D eigenvalue weighted by atomic mass is 32.2. The molecular formula is C14H14F2N2O2S. The summed E-state index contributed by atoms with van der Waals surface area (Å²) in [5.41, 5.74) is 6.44. The summed E-state index contributed by atoms with van der Waals surface area (Å²) < 4.78 is 52.9. The summed E-state index contributed by atoms with van der Waals surface area (Å²) in [6.45, 7) is 1.89. The van der Waals surface area contributed by atoms with E-state index in [1.54, 1.807) is 6.07 Å². The number of hydrogen-bond acceptors (Lipinski definition) is 3. The Bertz CT molecular complexity index is 777. The summed E-state index contributed by atoms with van der Waals surface area (Å²) in [6.07, 6.45) is 0.665. The van der Waals surface area contributed by atoms with Crippen LogP contribution < -0.4 is 10.5 Å². The molecule has 0 aliphatic carbocycles. The highest BCUT2D eigenvalue weighted by molar-refractivity contribution is 7.92. The van der Waals surface area contributed by atoms with E-state index in [-0.39, 0.29) is 4.90 Å². The van der Waals surface area contributed by atoms with Gasteiger partial charge in [0.05, 0.1) is 10.6 Å². The summed E-state index contributed by atoms with van der Waals surface area (Å²) in [5.74, 6) is -1.60. The van der Waals surface area contributed by atoms with Crippen molar-refractivity contribution >= 4 is 21.4 Å². The number of nitrogens with one attached hydrogen (secondary N) is 1. The van der Waals surface area contributed by atoms with Crippen molar-refractivity contribution in [2.45, 2.75) is 18.2 Å². The molecule has 0 saturated heterocycles. The van der Waals surface area contributed by atoms with Crippen molar-refractivity contribution < 1.29 is 17.2 Å². The first-order valence-electron chi connectivity index (χ1n) is 6.19. The van der Waals surface area contributed by atoms with E-state index in [1.807, 2.05) is 11.6 Å². The number of sulfonamides is 1. The molecule has 2 aromatic carbocycles. The van der Waals surface area contributed by atoms with Gasteiger partial charge >= 0.3 is 0 Å². The van der Waals surface area contributed by atoms with Gasteiger partial charge in [0.15, 0.2) is 0 Å². The Hall–Kier alpha value is -2.15. The first-order valence-corrected chi connectivity index (χ1v) is 7.68. The maximum absolute atomic E-state index is 13.5. The van der Waals surface area contributed by atoms with Gasteiger partial charge in [-0.15, -0.1) is 0 Å². The van der Waals surface area contributed by atoms with E-state index >= 15 is 0 Å². The van der Waals surface area contributed by atoms with E-state index in [4.69, 9.17) is 5.73 Å². The Morgan fingerprint density at radius 1 is 1.14 bits per heavy atom. The fraction of sp³-hybridized carbons (Fsp3) is 0.143. The van der Waals surface area contributed by atoms with Gasteiger partial charge in [0, 0.05) is 11.8 Å². The van der Waals surface area contributed by atoms with Gasteiger partial charge in [0.25, 0.3) is 10.0 Å². The Labute approximate surface area is 121 Å². The quantitative estimate of drug-likeness (QED) is 0.853. The molecule has 0 bridgehead atoms. The molecule has 0 spiro atoms. The molecule has 3 N–H and O–H groups in total. The second-order valence-electron chi connectivity index (χ2n) is 4.44. The molecule has 0 unspecified atom stereocenters. The second kappa shape index (κ2) is 5.69. The van der Waals surface area contributed by atoms with E-state index in [9.17, 15) is 17.2 Å². The van der Waals surface area contributed by atoms with Gasteiger partial charge in [-0.2, -0.15) is 0 Å². The van der Waals surface area contributed by atoms with Crippen molar-refractivity contribution in [1.82, 2.24) is 0 Å². The highest BCUT2D eigenvalue weighted by Crippen LogP contribution is 2.23. The zero-order chi connectivity index (χ0) is 15.6. The van der Waals surface area contributed by atoms with Crippen LogP contribution in [0.25, 0.3) is 0 Å². The van der Waals surface area contributed by atoms with Gasteiger partial charge in [0.2, 0.25) is 0 Å². The van der Waals surface area contributed by atoms with E-state index < -0.39 is 27.3 Å². The molecule has 0 aliphatic rings. The summed E-state index contributed by atoms with van der Waals surface area (Å²) in [7, 11) is -4.04. The lowest BCUT2D eigenvalue weighted by Crippen LogP contribution is -2.14. The van der Waals surface area contributed by atoms with Gasteiger partial charge in [0.1, 0.15) is 11.6 Å². The SMILES string of the molecule is CCc1ccc(S(=O)(=O)Nc2cc(F)ccc2F)cc1N. The maximum atomic E-state index is 13.5. The first-order chi connectivity index (χ1) is 9.83. The molecular weight excluding hydrogens is 298 g/mol. The van der Waals surface area contributed by atoms with Crippen LogP contribution in [-0.2, 0) is 16.4 Å². The number of hydrogen-bond donors (Lipinski definition) is 2. The van der Waals surface area contributed by atoms with Crippen LogP contribution in [0.4, 0.5) is 20.2 Å². The summed E-state index contributed by atoms with van der Waals surface area (Å²) in [4.78, 5) is -0.110. The standard InChI is InChI=1S/C14H14F2N2O2S/c1-2-9-3-5-11(8-13(9)17)21(19,20)18-14-7-10(15)4-6-12(14)16/h3-8,18H,2,17H2,1H3. The minimum Gasteiger partial charge on any atom is -0.398 e. The van der Waals surface area contributed by atoms with Gasteiger partial charge in [-0.25, -0.2) is 17.2 Å². The molecule has 0 fully saturated rings. The Morgan fingerprint density at radius 3 is 2.48 bits per heavy atom. The van der Waals surface area contributed by atoms with Gasteiger partial charge < -0.3 is 5.73 Å². The van der Waals surface area contributed by atoms with Crippen LogP contribution in [0, 0.1) is 11.6 Å². The topological polar surface area (TPSA) is 72.2 Å². The number of aryl methyl sites for hydroxylation is 1. The number of rotatable bonds is 4. The largest absolute Gasteiger partial charge is 0.398 e. The third-order valence-electron chi connectivity index (χ3n) is 2.98. The molecule has 0 amide bonds. The highest BCUT2D eigenvalue weighted by Gasteiger charge is 2.17. The van der Waals surface area contributed by atoms with Crippen molar-refractivity contribution in [3.63, 3.8) is 0 Å². The zero-order valence-electron chi connectivity index (χ0n) is 11.2. The monoisotopic (exact) mass is 312 g/mol. The number of halogens is 2. The van der Waals surface area contributed by atoms with Crippen LogP contribution >= 0.6 is 0 Å². The summed E-state index contributed by atoms with van der Waals surface area (Å²) >= 11 is 0. The third-order valence-corrected chi connectivity index (χ3v) is 4.34. The minimum absolute atomic E-state index is 0.110. The van der Waals surface area contributed by atoms with Crippen LogP contribution in [0.5, 0.6) is 0 Å². The third kappa shape index (κ3) is 3.30. The Balaban J connectivity index is 2.38. The fourth-order valence-corrected chi connectivity index (χ4v) is 2.93. The predicted octanol–water partition coefficient (Wildman–Crippen LogP) is 2.91. The Kier molecular flexibility index (Phi) is 4.13. The number of benzene rings is 2. The maximum Gasteiger partial charge on any atom is 0.262 e. The van der Waals surface area contributed by atoms with Gasteiger partial charge in [-0.05, 0) is 36.2 Å². The minimum atomic E-state index is -4.04. The second-order valence-corrected chi connectivity index (χ2v) is 6.13. The van der Waals surface area contributed by atoms with Crippen molar-refractivity contribution in [2.24, 2.45) is 0 Å². The zero-order valence-corrected chi connectivity index (χ0v) is 12.0. The lowest BCUT2D eigenvalue weighted by Gasteiger charge is -2.11. The summed E-state index contributed by atoms with van der Waals surface area (Å²) in [6, 6.07) is 6.78. The van der Waals surface area contributed by atoms with Crippen LogP contribution in [0.3, 0.4) is 0 Å². The molecule has 0 aliphatic heterocycles. The van der Waals surface area contributed by atoms with Crippen molar-refractivity contribution in [3.05, 3.63) is 53.6 Å². The average Bonchev–Trinajstić information content (AvgIpc) is 2.42. The van der Waals surface area contributed by atoms with E-state index in [0.29, 0.717) is 12.1 Å². The van der Waals surface area contributed by atoms with Crippen LogP contribution in [0.2, 0.25) is 0 Å². The van der Waals surface area contributed by atoms with E-state index in [2.05, 4.69) is 0 Å². The van der Waals surface area contributed by atoms with Crippen molar-refractivity contribution in [3.8, 4) is 0 Å². The molecule has 4 nitrogen and oxygen atoms in total. The molecule has 2 rings (SSSR count). The molecule has 0 heterocycles. The van der Waals surface area contributed by atoms with Gasteiger partial charge in [-0.1, -0.05) is 13.0 Å². The molecule has 0 radical (unpaired) electrons. The Morgan fingerprint density at radius 2 is 1.86 bits per heavy atom. The lowest BCUT2D eigenvalue weighted by molar-refractivity contribution is 0.594. The molecule has 7 heteroatoms. The molecule has 2 aromatic rings. The summed E-state index contributed by atoms with van der Waals surface area (Å²) in [5, 5.41) is 0. The number of nitrogens with two attached hydrogens (primary N) is 1. The smallest absolute Gasteiger partial charge is 0.262 e. The molecule has 0 atom stereocenters. The van der Waals surface area contributed by atoms with Crippen molar-refractivity contribution in [1.29, 1.82) is 0 Å². The fourth-order valence-electron chi connectivity index (χ4n) is 1.84. The normalized spacial score (nSPS) is 11.4. The lowest BCUT2D eigenvalue weighted by atomic mass is 10.1. The predicted molar refractivity (Wildman–Crippen MR) is 77.4 cm³/mol. The number of nitrogen functional groups attached to an aromatic ring is 1. The van der Waals surface area contributed by atoms with Crippen molar-refractivity contribution in [2.75, 3.05) is 10.5 Å². The molecule has 0 saturated carbocycles. The van der Waals surface area contributed by atoms with E-state index in [1.165, 1.54) is 12.1 Å². The molecule has 21 heavy (non-hydrogen) atoms. The van der Waals surface area contributed by atoms with Crippen LogP contribution in [-0.4, -0.2) is 8.42 Å². The molecule has 0 aromatic heterocycles.